The summed E-state index contributed by atoms with van der Waals surface area (Å²) in [6.45, 7) is 3.63. The van der Waals surface area contributed by atoms with Crippen molar-refractivity contribution < 1.29 is 13.9 Å². The zero-order valence-electron chi connectivity index (χ0n) is 7.88. The molecule has 0 unspecified atom stereocenters. The smallest absolute Gasteiger partial charge is 0.156 e. The number of halogens is 2. The Morgan fingerprint density at radius 1 is 1.50 bits per heavy atom. The maximum atomic E-state index is 13.4. The lowest BCUT2D eigenvalue weighted by molar-refractivity contribution is 0.111. The Hall–Kier alpha value is -0.900. The van der Waals surface area contributed by atoms with Crippen LogP contribution in [0.15, 0.2) is 16.6 Å². The van der Waals surface area contributed by atoms with E-state index in [9.17, 15) is 9.18 Å². The molecule has 4 heteroatoms. The Labute approximate surface area is 90.2 Å². The maximum Gasteiger partial charge on any atom is 0.156 e. The molecule has 0 spiro atoms. The molecule has 1 aromatic carbocycles. The molecule has 0 radical (unpaired) electrons. The molecule has 1 rings (SSSR count). The van der Waals surface area contributed by atoms with E-state index in [1.54, 1.807) is 6.07 Å². The zero-order valence-corrected chi connectivity index (χ0v) is 9.47. The van der Waals surface area contributed by atoms with E-state index >= 15 is 0 Å². The van der Waals surface area contributed by atoms with Crippen LogP contribution in [0.25, 0.3) is 0 Å². The first kappa shape index (κ1) is 11.2. The van der Waals surface area contributed by atoms with Crippen molar-refractivity contribution in [2.75, 3.05) is 0 Å². The fourth-order valence-electron chi connectivity index (χ4n) is 1.02. The third kappa shape index (κ3) is 2.32. The van der Waals surface area contributed by atoms with Crippen LogP contribution in [0.3, 0.4) is 0 Å². The van der Waals surface area contributed by atoms with Crippen molar-refractivity contribution in [2.45, 2.75) is 20.0 Å². The second-order valence-corrected chi connectivity index (χ2v) is 3.91. The normalized spacial score (nSPS) is 10.4. The third-order valence-electron chi connectivity index (χ3n) is 1.57. The summed E-state index contributed by atoms with van der Waals surface area (Å²) in [5, 5.41) is 0. The second kappa shape index (κ2) is 4.55. The van der Waals surface area contributed by atoms with Crippen LogP contribution in [0.2, 0.25) is 0 Å². The quantitative estimate of drug-likeness (QED) is 0.781. The van der Waals surface area contributed by atoms with Gasteiger partial charge in [0.05, 0.1) is 16.1 Å². The summed E-state index contributed by atoms with van der Waals surface area (Å²) in [4.78, 5) is 10.6. The van der Waals surface area contributed by atoms with E-state index in [1.807, 2.05) is 13.8 Å². The fraction of sp³-hybridized carbons (Fsp3) is 0.300. The second-order valence-electron chi connectivity index (χ2n) is 3.06. The number of hydrogen-bond acceptors (Lipinski definition) is 2. The molecule has 0 bridgehead atoms. The minimum Gasteiger partial charge on any atom is -0.490 e. The van der Waals surface area contributed by atoms with Crippen molar-refractivity contribution in [1.29, 1.82) is 0 Å². The van der Waals surface area contributed by atoms with Gasteiger partial charge in [-0.2, -0.15) is 0 Å². The van der Waals surface area contributed by atoms with Gasteiger partial charge in [-0.15, -0.1) is 0 Å². The minimum absolute atomic E-state index is 0.0481. The molecule has 0 amide bonds. The van der Waals surface area contributed by atoms with Crippen molar-refractivity contribution in [3.8, 4) is 5.75 Å². The minimum atomic E-state index is -0.585. The highest BCUT2D eigenvalue weighted by Gasteiger charge is 2.13. The maximum absolute atomic E-state index is 13.4. The van der Waals surface area contributed by atoms with E-state index in [2.05, 4.69) is 15.9 Å². The zero-order chi connectivity index (χ0) is 10.7. The molecule has 0 aromatic heterocycles. The number of aldehydes is 1. The first-order valence-corrected chi connectivity index (χ1v) is 4.95. The van der Waals surface area contributed by atoms with Crippen LogP contribution >= 0.6 is 15.9 Å². The van der Waals surface area contributed by atoms with Gasteiger partial charge in [-0.1, -0.05) is 0 Å². The highest BCUT2D eigenvalue weighted by Crippen LogP contribution is 2.26. The van der Waals surface area contributed by atoms with Crippen molar-refractivity contribution in [3.63, 3.8) is 0 Å². The van der Waals surface area contributed by atoms with Crippen LogP contribution in [0.5, 0.6) is 5.75 Å². The van der Waals surface area contributed by atoms with E-state index in [0.29, 0.717) is 6.29 Å². The molecule has 0 atom stereocenters. The molecule has 76 valence electrons. The van der Waals surface area contributed by atoms with Gasteiger partial charge in [-0.25, -0.2) is 4.39 Å². The van der Waals surface area contributed by atoms with Gasteiger partial charge in [0.1, 0.15) is 5.75 Å². The first-order valence-electron chi connectivity index (χ1n) is 4.16. The van der Waals surface area contributed by atoms with E-state index in [-0.39, 0.29) is 21.9 Å². The predicted molar refractivity (Wildman–Crippen MR) is 55.3 cm³/mol. The molecule has 14 heavy (non-hydrogen) atoms. The van der Waals surface area contributed by atoms with Crippen LogP contribution in [-0.2, 0) is 0 Å². The molecule has 0 saturated carbocycles. The Kier molecular flexibility index (Phi) is 3.63. The third-order valence-corrected chi connectivity index (χ3v) is 2.19. The molecule has 0 fully saturated rings. The van der Waals surface area contributed by atoms with Gasteiger partial charge in [0.2, 0.25) is 0 Å². The van der Waals surface area contributed by atoms with Gasteiger partial charge < -0.3 is 4.74 Å². The Bertz CT molecular complexity index is 350. The van der Waals surface area contributed by atoms with Gasteiger partial charge in [0, 0.05) is 0 Å². The molecule has 0 heterocycles. The molecular formula is C10H10BrFO2. The standard InChI is InChI=1S/C10H10BrFO2/c1-6(2)14-9-4-3-8(11)10(12)7(9)5-13/h3-6H,1-2H3. The van der Waals surface area contributed by atoms with Crippen molar-refractivity contribution in [3.05, 3.63) is 28.0 Å². The Balaban J connectivity index is 3.17. The topological polar surface area (TPSA) is 26.3 Å². The average molecular weight is 261 g/mol. The number of rotatable bonds is 3. The monoisotopic (exact) mass is 260 g/mol. The van der Waals surface area contributed by atoms with Crippen LogP contribution in [0.4, 0.5) is 4.39 Å². The fourth-order valence-corrected chi connectivity index (χ4v) is 1.36. The summed E-state index contributed by atoms with van der Waals surface area (Å²) in [6, 6.07) is 3.08. The summed E-state index contributed by atoms with van der Waals surface area (Å²) >= 11 is 3.00. The Morgan fingerprint density at radius 2 is 2.14 bits per heavy atom. The van der Waals surface area contributed by atoms with Crippen molar-refractivity contribution >= 4 is 22.2 Å². The SMILES string of the molecule is CC(C)Oc1ccc(Br)c(F)c1C=O. The van der Waals surface area contributed by atoms with Crippen molar-refractivity contribution in [2.24, 2.45) is 0 Å². The summed E-state index contributed by atoms with van der Waals surface area (Å²) in [5.41, 5.74) is -0.0481. The number of ether oxygens (including phenoxy) is 1. The van der Waals surface area contributed by atoms with E-state index < -0.39 is 5.82 Å². The molecule has 0 N–H and O–H groups in total. The number of benzene rings is 1. The van der Waals surface area contributed by atoms with Crippen LogP contribution < -0.4 is 4.74 Å². The van der Waals surface area contributed by atoms with Gasteiger partial charge in [0.15, 0.2) is 12.1 Å². The molecule has 1 aromatic rings. The molecule has 2 nitrogen and oxygen atoms in total. The highest BCUT2D eigenvalue weighted by atomic mass is 79.9. The van der Waals surface area contributed by atoms with E-state index in [1.165, 1.54) is 6.07 Å². The first-order chi connectivity index (χ1) is 6.56. The van der Waals surface area contributed by atoms with E-state index in [0.717, 1.165) is 0 Å². The largest absolute Gasteiger partial charge is 0.490 e. The molecule has 0 saturated heterocycles. The van der Waals surface area contributed by atoms with Gasteiger partial charge in [-0.05, 0) is 41.9 Å². The lowest BCUT2D eigenvalue weighted by Crippen LogP contribution is -2.08. The van der Waals surface area contributed by atoms with Gasteiger partial charge in [-0.3, -0.25) is 4.79 Å². The number of carbonyl (C=O) groups is 1. The van der Waals surface area contributed by atoms with Gasteiger partial charge >= 0.3 is 0 Å². The van der Waals surface area contributed by atoms with E-state index in [4.69, 9.17) is 4.74 Å². The molecule has 0 aliphatic carbocycles. The molecular weight excluding hydrogens is 251 g/mol. The van der Waals surface area contributed by atoms with Crippen LogP contribution in [0, 0.1) is 5.82 Å². The van der Waals surface area contributed by atoms with Crippen LogP contribution in [-0.4, -0.2) is 12.4 Å². The predicted octanol–water partition coefficient (Wildman–Crippen LogP) is 3.19. The highest BCUT2D eigenvalue weighted by molar-refractivity contribution is 9.10. The summed E-state index contributed by atoms with van der Waals surface area (Å²) in [6.07, 6.45) is 0.368. The van der Waals surface area contributed by atoms with Gasteiger partial charge in [0.25, 0.3) is 0 Å². The summed E-state index contributed by atoms with van der Waals surface area (Å²) in [7, 11) is 0. The molecule has 0 aliphatic heterocycles. The van der Waals surface area contributed by atoms with Crippen molar-refractivity contribution in [1.82, 2.24) is 0 Å². The summed E-state index contributed by atoms with van der Waals surface area (Å²) in [5.74, 6) is -0.311. The summed E-state index contributed by atoms with van der Waals surface area (Å²) < 4.78 is 18.9. The number of hydrogen-bond donors (Lipinski definition) is 0. The number of carbonyl (C=O) groups excluding carboxylic acids is 1. The lowest BCUT2D eigenvalue weighted by Gasteiger charge is -2.12. The average Bonchev–Trinajstić information content (AvgIpc) is 2.11. The van der Waals surface area contributed by atoms with Crippen LogP contribution in [0.1, 0.15) is 24.2 Å². The molecule has 0 aliphatic rings. The lowest BCUT2D eigenvalue weighted by atomic mass is 10.2. The Morgan fingerprint density at radius 3 is 2.64 bits per heavy atom.